The quantitative estimate of drug-likeness (QED) is 0.283. The number of hydrogen-bond acceptors (Lipinski definition) is 12. The molecule has 0 aliphatic carbocycles. The molecule has 2 saturated heterocycles. The number of benzene rings is 1. The van der Waals surface area contributed by atoms with Gasteiger partial charge in [-0.1, -0.05) is 17.7 Å². The van der Waals surface area contributed by atoms with Crippen LogP contribution in [-0.4, -0.2) is 98.7 Å². The van der Waals surface area contributed by atoms with Crippen LogP contribution in [0, 0.1) is 0 Å². The number of halogens is 1. The molecule has 0 saturated carbocycles. The Morgan fingerprint density at radius 1 is 1.05 bits per heavy atom. The van der Waals surface area contributed by atoms with E-state index in [4.69, 9.17) is 30.8 Å². The van der Waals surface area contributed by atoms with Crippen molar-refractivity contribution < 1.29 is 14.2 Å². The maximum atomic E-state index is 6.43. The van der Waals surface area contributed by atoms with E-state index >= 15 is 0 Å². The molecule has 1 N–H and O–H groups in total. The van der Waals surface area contributed by atoms with Gasteiger partial charge in [0.15, 0.2) is 5.75 Å². The average Bonchev–Trinajstić information content (AvgIpc) is 3.56. The highest BCUT2D eigenvalue weighted by atomic mass is 35.5. The van der Waals surface area contributed by atoms with Crippen LogP contribution in [0.2, 0.25) is 5.02 Å². The summed E-state index contributed by atoms with van der Waals surface area (Å²) < 4.78 is 18.8. The third kappa shape index (κ3) is 7.12. The minimum Gasteiger partial charge on any atom is -0.493 e. The van der Waals surface area contributed by atoms with Crippen molar-refractivity contribution in [2.24, 2.45) is 0 Å². The second-order valence-corrected chi connectivity index (χ2v) is 11.1. The Morgan fingerprint density at radius 2 is 1.88 bits per heavy atom. The van der Waals surface area contributed by atoms with Crippen LogP contribution in [0.25, 0.3) is 11.1 Å². The normalized spacial score (nSPS) is 18.3. The largest absolute Gasteiger partial charge is 0.493 e. The van der Waals surface area contributed by atoms with Crippen LogP contribution in [0.1, 0.15) is 19.8 Å². The van der Waals surface area contributed by atoms with Crippen molar-refractivity contribution in [2.45, 2.75) is 38.5 Å². The molecule has 13 nitrogen and oxygen atoms in total. The van der Waals surface area contributed by atoms with Gasteiger partial charge in [-0.3, -0.25) is 4.90 Å². The Balaban J connectivity index is 1.14. The molecule has 226 valence electrons. The number of hydrogen-bond donors (Lipinski definition) is 1. The molecular formula is C29H35ClN10O3. The molecule has 2 fully saturated rings. The number of nitrogens with one attached hydrogen (secondary N) is 1. The van der Waals surface area contributed by atoms with Gasteiger partial charge >= 0.3 is 0 Å². The van der Waals surface area contributed by atoms with Crippen LogP contribution in [0.5, 0.6) is 11.5 Å². The number of tetrazole rings is 1. The van der Waals surface area contributed by atoms with Gasteiger partial charge in [0.05, 0.1) is 43.8 Å². The van der Waals surface area contributed by atoms with Crippen molar-refractivity contribution in [2.75, 3.05) is 56.7 Å². The van der Waals surface area contributed by atoms with Crippen molar-refractivity contribution in [3.8, 4) is 22.6 Å². The van der Waals surface area contributed by atoms with Crippen LogP contribution in [-0.2, 0) is 11.3 Å². The van der Waals surface area contributed by atoms with Gasteiger partial charge in [-0.2, -0.15) is 0 Å². The van der Waals surface area contributed by atoms with E-state index in [0.717, 1.165) is 68.4 Å². The summed E-state index contributed by atoms with van der Waals surface area (Å²) in [6.07, 6.45) is 8.94. The molecule has 6 rings (SSSR count). The molecule has 2 aliphatic rings. The molecule has 5 heterocycles. The van der Waals surface area contributed by atoms with Crippen molar-refractivity contribution in [1.29, 1.82) is 0 Å². The fraction of sp³-hybridized carbons (Fsp3) is 0.448. The van der Waals surface area contributed by atoms with Crippen molar-refractivity contribution in [1.82, 2.24) is 40.1 Å². The summed E-state index contributed by atoms with van der Waals surface area (Å²) in [5.74, 6) is 2.53. The number of piperidine rings is 1. The monoisotopic (exact) mass is 606 g/mol. The highest BCUT2D eigenvalue weighted by Gasteiger charge is 2.27. The number of methoxy groups -OCH3 is 1. The predicted molar refractivity (Wildman–Crippen MR) is 162 cm³/mol. The standard InChI is InChI=1S/C29H35ClN10O3/c1-20(17-40-19-34-36-37-40)43-26-12-21(5-6-24(26)30)22-14-32-29(33-15-22)35-25-13-28(31-16-27(25)41-2)39-7-3-4-23(18-39)38-8-10-42-11-9-38/h5-6,12-16,19-20,23H,3-4,7-11,17-18H2,1-2H3,(H,31,32,33,35)/t20-,23?/m0/s1. The molecule has 43 heavy (non-hydrogen) atoms. The van der Waals surface area contributed by atoms with Gasteiger partial charge in [-0.15, -0.1) is 5.10 Å². The zero-order chi connectivity index (χ0) is 29.6. The zero-order valence-electron chi connectivity index (χ0n) is 24.3. The van der Waals surface area contributed by atoms with E-state index in [1.54, 1.807) is 42.8 Å². The van der Waals surface area contributed by atoms with E-state index in [0.29, 0.717) is 35.1 Å². The summed E-state index contributed by atoms with van der Waals surface area (Å²) in [7, 11) is 1.63. The molecule has 3 aromatic heterocycles. The number of rotatable bonds is 10. The summed E-state index contributed by atoms with van der Waals surface area (Å²) in [5.41, 5.74) is 2.46. The first kappa shape index (κ1) is 29.0. The summed E-state index contributed by atoms with van der Waals surface area (Å²) in [5, 5.41) is 15.0. The van der Waals surface area contributed by atoms with Crippen LogP contribution in [0.3, 0.4) is 0 Å². The lowest BCUT2D eigenvalue weighted by atomic mass is 10.0. The number of morpholine rings is 1. The van der Waals surface area contributed by atoms with E-state index in [1.165, 1.54) is 6.42 Å². The Hall–Kier alpha value is -4.07. The molecular weight excluding hydrogens is 572 g/mol. The molecule has 14 heteroatoms. The maximum absolute atomic E-state index is 6.43. The number of anilines is 3. The lowest BCUT2D eigenvalue weighted by molar-refractivity contribution is 0.0137. The molecule has 2 atom stereocenters. The van der Waals surface area contributed by atoms with Gasteiger partial charge < -0.3 is 24.4 Å². The van der Waals surface area contributed by atoms with E-state index in [-0.39, 0.29) is 6.10 Å². The van der Waals surface area contributed by atoms with Gasteiger partial charge in [-0.25, -0.2) is 19.6 Å². The second kappa shape index (κ2) is 13.5. The Labute approximate surface area is 255 Å². The molecule has 2 aliphatic heterocycles. The first-order chi connectivity index (χ1) is 21.1. The smallest absolute Gasteiger partial charge is 0.227 e. The highest BCUT2D eigenvalue weighted by molar-refractivity contribution is 6.32. The molecule has 4 aromatic rings. The first-order valence-corrected chi connectivity index (χ1v) is 14.8. The summed E-state index contributed by atoms with van der Waals surface area (Å²) in [4.78, 5) is 18.7. The van der Waals surface area contributed by atoms with E-state index in [2.05, 4.69) is 40.6 Å². The number of aromatic nitrogens is 7. The molecule has 0 amide bonds. The van der Waals surface area contributed by atoms with E-state index < -0.39 is 0 Å². The highest BCUT2D eigenvalue weighted by Crippen LogP contribution is 2.33. The summed E-state index contributed by atoms with van der Waals surface area (Å²) >= 11 is 6.43. The van der Waals surface area contributed by atoms with Crippen molar-refractivity contribution in [3.05, 3.63) is 54.2 Å². The van der Waals surface area contributed by atoms with E-state index in [1.807, 2.05) is 25.1 Å². The first-order valence-electron chi connectivity index (χ1n) is 14.4. The summed E-state index contributed by atoms with van der Waals surface area (Å²) in [6, 6.07) is 8.10. The van der Waals surface area contributed by atoms with Crippen LogP contribution in [0.4, 0.5) is 17.5 Å². The minimum atomic E-state index is -0.200. The lowest BCUT2D eigenvalue weighted by Crippen LogP contribution is -2.51. The Kier molecular flexibility index (Phi) is 9.10. The molecule has 0 radical (unpaired) electrons. The SMILES string of the molecule is COc1cnc(N2CCCC(N3CCOCC3)C2)cc1Nc1ncc(-c2ccc(Cl)c(O[C@@H](C)Cn3cnnn3)c2)cn1. The number of pyridine rings is 1. The Morgan fingerprint density at radius 3 is 2.65 bits per heavy atom. The number of ether oxygens (including phenoxy) is 3. The number of nitrogens with zero attached hydrogens (tertiary/aromatic N) is 9. The van der Waals surface area contributed by atoms with Gasteiger partial charge in [0.1, 0.15) is 24.0 Å². The Bertz CT molecular complexity index is 1480. The molecule has 1 unspecified atom stereocenters. The minimum absolute atomic E-state index is 0.200. The average molecular weight is 607 g/mol. The second-order valence-electron chi connectivity index (χ2n) is 10.7. The van der Waals surface area contributed by atoms with Crippen LogP contribution >= 0.6 is 11.6 Å². The fourth-order valence-corrected chi connectivity index (χ4v) is 5.65. The van der Waals surface area contributed by atoms with Crippen LogP contribution in [0.15, 0.2) is 49.2 Å². The van der Waals surface area contributed by atoms with E-state index in [9.17, 15) is 0 Å². The lowest BCUT2D eigenvalue weighted by Gasteiger charge is -2.41. The van der Waals surface area contributed by atoms with Gasteiger partial charge in [0.2, 0.25) is 5.95 Å². The van der Waals surface area contributed by atoms with Crippen molar-refractivity contribution in [3.63, 3.8) is 0 Å². The van der Waals surface area contributed by atoms with Crippen LogP contribution < -0.4 is 19.7 Å². The third-order valence-electron chi connectivity index (χ3n) is 7.68. The third-order valence-corrected chi connectivity index (χ3v) is 7.99. The van der Waals surface area contributed by atoms with Crippen molar-refractivity contribution >= 4 is 29.1 Å². The molecule has 0 spiro atoms. The fourth-order valence-electron chi connectivity index (χ4n) is 5.49. The predicted octanol–water partition coefficient (Wildman–Crippen LogP) is 3.70. The molecule has 0 bridgehead atoms. The maximum Gasteiger partial charge on any atom is 0.227 e. The van der Waals surface area contributed by atoms with Gasteiger partial charge in [0, 0.05) is 56.2 Å². The topological polar surface area (TPSA) is 128 Å². The van der Waals surface area contributed by atoms with Gasteiger partial charge in [-0.05, 0) is 47.9 Å². The molecule has 1 aromatic carbocycles. The van der Waals surface area contributed by atoms with Gasteiger partial charge in [0.25, 0.3) is 0 Å². The zero-order valence-corrected chi connectivity index (χ0v) is 25.0. The summed E-state index contributed by atoms with van der Waals surface area (Å²) in [6.45, 7) is 7.91.